The molecule has 2 N–H and O–H groups in total. The lowest BCUT2D eigenvalue weighted by Crippen LogP contribution is -2.12. The SMILES string of the molecule is O=C(O)CCCCCCCCC(=O)OC(=O)CCCCCCCC(=O)OC(=O)CCCCCCCCC(=O)O. The van der Waals surface area contributed by atoms with Crippen molar-refractivity contribution in [3.8, 4) is 0 Å². The predicted molar refractivity (Wildman–Crippen MR) is 144 cm³/mol. The summed E-state index contributed by atoms with van der Waals surface area (Å²) in [7, 11) is 0. The number of hydrogen-bond donors (Lipinski definition) is 2. The van der Waals surface area contributed by atoms with Crippen molar-refractivity contribution in [2.75, 3.05) is 0 Å². The van der Waals surface area contributed by atoms with E-state index in [4.69, 9.17) is 19.7 Å². The summed E-state index contributed by atoms with van der Waals surface area (Å²) in [6.07, 6.45) is 14.5. The van der Waals surface area contributed by atoms with Gasteiger partial charge >= 0.3 is 35.8 Å². The Balaban J connectivity index is 3.53. The van der Waals surface area contributed by atoms with E-state index in [1.807, 2.05) is 0 Å². The first-order chi connectivity index (χ1) is 18.7. The van der Waals surface area contributed by atoms with Gasteiger partial charge in [0.05, 0.1) is 0 Å². The van der Waals surface area contributed by atoms with Crippen molar-refractivity contribution in [2.45, 2.75) is 148 Å². The summed E-state index contributed by atoms with van der Waals surface area (Å²) in [5, 5.41) is 17.1. The number of carbonyl (C=O) groups excluding carboxylic acids is 4. The number of carbonyl (C=O) groups is 6. The fraction of sp³-hybridized carbons (Fsp3) is 0.793. The van der Waals surface area contributed by atoms with Crippen molar-refractivity contribution in [2.24, 2.45) is 0 Å². The zero-order valence-corrected chi connectivity index (χ0v) is 23.4. The molecule has 0 spiro atoms. The van der Waals surface area contributed by atoms with Crippen LogP contribution >= 0.6 is 0 Å². The number of esters is 4. The van der Waals surface area contributed by atoms with Gasteiger partial charge in [0.2, 0.25) is 0 Å². The molecule has 0 saturated carbocycles. The first-order valence-electron chi connectivity index (χ1n) is 14.6. The second-order valence-electron chi connectivity index (χ2n) is 9.99. The second kappa shape index (κ2) is 25.5. The third-order valence-corrected chi connectivity index (χ3v) is 6.26. The van der Waals surface area contributed by atoms with E-state index in [-0.39, 0.29) is 38.5 Å². The van der Waals surface area contributed by atoms with Gasteiger partial charge in [0, 0.05) is 38.5 Å². The molecule has 0 aliphatic rings. The van der Waals surface area contributed by atoms with Gasteiger partial charge in [0.25, 0.3) is 0 Å². The van der Waals surface area contributed by atoms with Crippen LogP contribution in [0, 0.1) is 0 Å². The van der Waals surface area contributed by atoms with E-state index in [0.29, 0.717) is 38.5 Å². The summed E-state index contributed by atoms with van der Waals surface area (Å²) in [5.41, 5.74) is 0. The summed E-state index contributed by atoms with van der Waals surface area (Å²) >= 11 is 0. The standard InChI is InChI=1S/C29H48O10/c30-24(31)18-12-6-1-3-8-14-20-26(34)38-28(36)22-16-10-5-11-17-23-29(37)39-27(35)21-15-9-4-2-7-13-19-25(32)33/h1-23H2,(H,30,31)(H,32,33). The molecule has 0 radical (unpaired) electrons. The van der Waals surface area contributed by atoms with Crippen molar-refractivity contribution in [1.29, 1.82) is 0 Å². The molecule has 10 nitrogen and oxygen atoms in total. The number of unbranched alkanes of at least 4 members (excludes halogenated alkanes) is 14. The normalized spacial score (nSPS) is 10.7. The summed E-state index contributed by atoms with van der Waals surface area (Å²) in [6, 6.07) is 0. The maximum Gasteiger partial charge on any atom is 0.313 e. The number of carboxylic acid groups (broad SMARTS) is 2. The Kier molecular flexibility index (Phi) is 23.7. The van der Waals surface area contributed by atoms with Crippen LogP contribution < -0.4 is 0 Å². The molecule has 0 fully saturated rings. The third kappa shape index (κ3) is 28.1. The van der Waals surface area contributed by atoms with Crippen LogP contribution in [-0.2, 0) is 38.2 Å². The predicted octanol–water partition coefficient (Wildman–Crippen LogP) is 6.27. The fourth-order valence-electron chi connectivity index (χ4n) is 4.03. The number of ether oxygens (including phenoxy) is 2. The van der Waals surface area contributed by atoms with Gasteiger partial charge in [-0.1, -0.05) is 70.6 Å². The lowest BCUT2D eigenvalue weighted by atomic mass is 10.1. The maximum atomic E-state index is 11.8. The van der Waals surface area contributed by atoms with Gasteiger partial charge in [0.1, 0.15) is 0 Å². The molecule has 10 heteroatoms. The summed E-state index contributed by atoms with van der Waals surface area (Å²) in [6.45, 7) is 0. The third-order valence-electron chi connectivity index (χ3n) is 6.26. The van der Waals surface area contributed by atoms with Crippen LogP contribution in [0.1, 0.15) is 148 Å². The zero-order valence-electron chi connectivity index (χ0n) is 23.4. The summed E-state index contributed by atoms with van der Waals surface area (Å²) in [4.78, 5) is 67.8. The van der Waals surface area contributed by atoms with E-state index in [9.17, 15) is 28.8 Å². The van der Waals surface area contributed by atoms with Crippen molar-refractivity contribution in [3.05, 3.63) is 0 Å². The molecule has 0 saturated heterocycles. The van der Waals surface area contributed by atoms with Gasteiger partial charge in [-0.3, -0.25) is 28.8 Å². The van der Waals surface area contributed by atoms with Gasteiger partial charge < -0.3 is 19.7 Å². The average molecular weight is 557 g/mol. The van der Waals surface area contributed by atoms with E-state index in [1.54, 1.807) is 0 Å². The molecule has 0 aliphatic carbocycles. The minimum absolute atomic E-state index is 0.175. The van der Waals surface area contributed by atoms with Crippen LogP contribution in [0.4, 0.5) is 0 Å². The largest absolute Gasteiger partial charge is 0.481 e. The molecular weight excluding hydrogens is 508 g/mol. The lowest BCUT2D eigenvalue weighted by molar-refractivity contribution is -0.161. The molecular formula is C29H48O10. The minimum atomic E-state index is -0.780. The second-order valence-corrected chi connectivity index (χ2v) is 9.99. The van der Waals surface area contributed by atoms with Crippen molar-refractivity contribution in [1.82, 2.24) is 0 Å². The topological polar surface area (TPSA) is 161 Å². The van der Waals surface area contributed by atoms with Crippen molar-refractivity contribution < 1.29 is 48.5 Å². The molecule has 224 valence electrons. The van der Waals surface area contributed by atoms with Crippen LogP contribution in [0.15, 0.2) is 0 Å². The molecule has 39 heavy (non-hydrogen) atoms. The highest BCUT2D eigenvalue weighted by atomic mass is 16.6. The average Bonchev–Trinajstić information content (AvgIpc) is 2.86. The quantitative estimate of drug-likeness (QED) is 0.0705. The van der Waals surface area contributed by atoms with Crippen molar-refractivity contribution in [3.63, 3.8) is 0 Å². The molecule has 0 aromatic carbocycles. The molecule has 0 heterocycles. The Bertz CT molecular complexity index is 672. The van der Waals surface area contributed by atoms with E-state index in [2.05, 4.69) is 0 Å². The van der Waals surface area contributed by atoms with Crippen LogP contribution in [0.2, 0.25) is 0 Å². The molecule has 0 aliphatic heterocycles. The van der Waals surface area contributed by atoms with Gasteiger partial charge in [-0.15, -0.1) is 0 Å². The van der Waals surface area contributed by atoms with Gasteiger partial charge in [-0.05, 0) is 38.5 Å². The number of hydrogen-bond acceptors (Lipinski definition) is 8. The number of aliphatic carboxylic acids is 2. The molecule has 0 unspecified atom stereocenters. The smallest absolute Gasteiger partial charge is 0.313 e. The first kappa shape index (κ1) is 36.2. The van der Waals surface area contributed by atoms with E-state index in [1.165, 1.54) is 0 Å². The molecule has 0 aromatic heterocycles. The van der Waals surface area contributed by atoms with Crippen molar-refractivity contribution >= 4 is 35.8 Å². The molecule has 0 aromatic rings. The van der Waals surface area contributed by atoms with Gasteiger partial charge in [-0.2, -0.15) is 0 Å². The van der Waals surface area contributed by atoms with Gasteiger partial charge in [0.15, 0.2) is 0 Å². The van der Waals surface area contributed by atoms with Gasteiger partial charge in [-0.25, -0.2) is 0 Å². The molecule has 0 bridgehead atoms. The molecule has 0 rings (SSSR count). The fourth-order valence-corrected chi connectivity index (χ4v) is 4.03. The highest BCUT2D eigenvalue weighted by Gasteiger charge is 2.11. The van der Waals surface area contributed by atoms with E-state index in [0.717, 1.165) is 70.6 Å². The maximum absolute atomic E-state index is 11.8. The van der Waals surface area contributed by atoms with Crippen LogP contribution in [0.5, 0.6) is 0 Å². The Labute approximate surface area is 232 Å². The highest BCUT2D eigenvalue weighted by molar-refractivity contribution is 5.85. The van der Waals surface area contributed by atoms with E-state index >= 15 is 0 Å². The highest BCUT2D eigenvalue weighted by Crippen LogP contribution is 2.12. The van der Waals surface area contributed by atoms with Crippen LogP contribution in [0.25, 0.3) is 0 Å². The molecule has 0 atom stereocenters. The van der Waals surface area contributed by atoms with E-state index < -0.39 is 35.8 Å². The number of rotatable bonds is 26. The Morgan fingerprint density at radius 3 is 0.692 bits per heavy atom. The summed E-state index contributed by atoms with van der Waals surface area (Å²) < 4.78 is 9.65. The van der Waals surface area contributed by atoms with Crippen LogP contribution in [0.3, 0.4) is 0 Å². The zero-order chi connectivity index (χ0) is 29.1. The minimum Gasteiger partial charge on any atom is -0.481 e. The monoisotopic (exact) mass is 556 g/mol. The first-order valence-corrected chi connectivity index (χ1v) is 14.6. The Morgan fingerprint density at radius 2 is 0.487 bits per heavy atom. The lowest BCUT2D eigenvalue weighted by Gasteiger charge is -2.05. The Morgan fingerprint density at radius 1 is 0.308 bits per heavy atom. The molecule has 0 amide bonds. The van der Waals surface area contributed by atoms with Crippen LogP contribution in [-0.4, -0.2) is 46.0 Å². The summed E-state index contributed by atoms with van der Waals surface area (Å²) in [5.74, 6) is -3.61. The Hall–Kier alpha value is -2.78. The number of carboxylic acids is 2.